The predicted molar refractivity (Wildman–Crippen MR) is 90.8 cm³/mol. The van der Waals surface area contributed by atoms with Gasteiger partial charge < -0.3 is 15.2 Å². The molecule has 0 aromatic heterocycles. The lowest BCUT2D eigenvalue weighted by Crippen LogP contribution is -2.48. The Hall–Kier alpha value is -1.98. The molecule has 5 nitrogen and oxygen atoms in total. The van der Waals surface area contributed by atoms with Gasteiger partial charge in [0.1, 0.15) is 6.10 Å². The van der Waals surface area contributed by atoms with Gasteiger partial charge in [-0.1, -0.05) is 23.8 Å². The first kappa shape index (κ1) is 16.9. The number of rotatable bonds is 4. The van der Waals surface area contributed by atoms with Gasteiger partial charge in [0.25, 0.3) is 5.91 Å². The summed E-state index contributed by atoms with van der Waals surface area (Å²) in [4.78, 5) is 25.5. The molecule has 1 amide bonds. The molecule has 0 saturated carbocycles. The van der Waals surface area contributed by atoms with Crippen molar-refractivity contribution in [1.29, 1.82) is 0 Å². The molecule has 128 valence electrons. The quantitative estimate of drug-likeness (QED) is 0.506. The Morgan fingerprint density at radius 3 is 2.67 bits per heavy atom. The Morgan fingerprint density at radius 2 is 2.04 bits per heavy atom. The van der Waals surface area contributed by atoms with Crippen molar-refractivity contribution < 1.29 is 19.4 Å². The van der Waals surface area contributed by atoms with Crippen LogP contribution in [0.1, 0.15) is 44.5 Å². The second-order valence-electron chi connectivity index (χ2n) is 7.38. The molecule has 24 heavy (non-hydrogen) atoms. The number of ether oxygens (including phenoxy) is 1. The summed E-state index contributed by atoms with van der Waals surface area (Å²) in [7, 11) is 0. The van der Waals surface area contributed by atoms with Gasteiger partial charge in [0.15, 0.2) is 0 Å². The summed E-state index contributed by atoms with van der Waals surface area (Å²) < 4.78 is 5.70. The molecular formula is C19H23NO4. The molecule has 2 aliphatic heterocycles. The summed E-state index contributed by atoms with van der Waals surface area (Å²) in [6, 6.07) is 6.92. The fourth-order valence-corrected chi connectivity index (χ4v) is 3.35. The van der Waals surface area contributed by atoms with Gasteiger partial charge >= 0.3 is 0 Å². The van der Waals surface area contributed by atoms with Crippen LogP contribution in [0.4, 0.5) is 5.69 Å². The standard InChI is InChI=1S/C19H23NO4/c1-11(2)9-10-13(18(3,4)23)16-19(24-16)15(21)12-7-5-6-8-14(12)20-17(19)22/h5-9,13,16,23H,10H2,1-4H3,(H,20,22)/t13-,16+,19-/m1/s1. The van der Waals surface area contributed by atoms with E-state index >= 15 is 0 Å². The van der Waals surface area contributed by atoms with Crippen LogP contribution in [0.25, 0.3) is 0 Å². The van der Waals surface area contributed by atoms with Crippen LogP contribution in [0.2, 0.25) is 0 Å². The van der Waals surface area contributed by atoms with Crippen molar-refractivity contribution in [1.82, 2.24) is 0 Å². The van der Waals surface area contributed by atoms with E-state index in [4.69, 9.17) is 4.74 Å². The van der Waals surface area contributed by atoms with Crippen LogP contribution < -0.4 is 5.32 Å². The minimum atomic E-state index is -1.51. The van der Waals surface area contributed by atoms with Crippen LogP contribution in [0, 0.1) is 5.92 Å². The number of Topliss-reactive ketones (excluding diaryl/α,β-unsaturated/α-hetero) is 1. The van der Waals surface area contributed by atoms with Crippen molar-refractivity contribution in [3.63, 3.8) is 0 Å². The van der Waals surface area contributed by atoms with E-state index in [2.05, 4.69) is 5.32 Å². The normalized spacial score (nSPS) is 26.6. The number of hydrogen-bond acceptors (Lipinski definition) is 4. The van der Waals surface area contributed by atoms with Gasteiger partial charge in [-0.2, -0.15) is 0 Å². The molecule has 0 bridgehead atoms. The Bertz CT molecular complexity index is 727. The van der Waals surface area contributed by atoms with E-state index in [1.54, 1.807) is 38.1 Å². The smallest absolute Gasteiger partial charge is 0.267 e. The van der Waals surface area contributed by atoms with Gasteiger partial charge in [0, 0.05) is 11.5 Å². The number of benzene rings is 1. The number of allylic oxidation sites excluding steroid dienone is 2. The highest BCUT2D eigenvalue weighted by molar-refractivity contribution is 6.28. The van der Waals surface area contributed by atoms with Gasteiger partial charge in [0.05, 0.1) is 11.3 Å². The molecule has 2 aliphatic rings. The number of fused-ring (bicyclic) bond motifs is 1. The number of ketones is 1. The molecule has 1 spiro atoms. The topological polar surface area (TPSA) is 78.9 Å². The molecular weight excluding hydrogens is 306 g/mol. The van der Waals surface area contributed by atoms with Crippen LogP contribution in [0.3, 0.4) is 0 Å². The zero-order valence-corrected chi connectivity index (χ0v) is 14.4. The van der Waals surface area contributed by atoms with Gasteiger partial charge in [-0.15, -0.1) is 0 Å². The van der Waals surface area contributed by atoms with E-state index in [1.165, 1.54) is 0 Å². The minimum Gasteiger partial charge on any atom is -0.390 e. The third kappa shape index (κ3) is 2.58. The van der Waals surface area contributed by atoms with Gasteiger partial charge in [-0.25, -0.2) is 0 Å². The lowest BCUT2D eigenvalue weighted by atomic mass is 9.77. The first-order valence-corrected chi connectivity index (χ1v) is 8.16. The highest BCUT2D eigenvalue weighted by Crippen LogP contribution is 2.51. The Labute approximate surface area is 141 Å². The maximum Gasteiger partial charge on any atom is 0.267 e. The first-order chi connectivity index (χ1) is 11.2. The molecule has 3 atom stereocenters. The zero-order valence-electron chi connectivity index (χ0n) is 14.4. The summed E-state index contributed by atoms with van der Waals surface area (Å²) in [5, 5.41) is 13.3. The number of amides is 1. The Morgan fingerprint density at radius 1 is 1.38 bits per heavy atom. The number of anilines is 1. The van der Waals surface area contributed by atoms with Crippen molar-refractivity contribution in [2.24, 2.45) is 5.92 Å². The van der Waals surface area contributed by atoms with Crippen molar-refractivity contribution in [2.45, 2.75) is 51.4 Å². The van der Waals surface area contributed by atoms with Crippen LogP contribution in [0.15, 0.2) is 35.9 Å². The highest BCUT2D eigenvalue weighted by Gasteiger charge is 2.73. The molecule has 0 aliphatic carbocycles. The first-order valence-electron chi connectivity index (χ1n) is 8.16. The Kier molecular flexibility index (Phi) is 3.89. The second-order valence-corrected chi connectivity index (χ2v) is 7.38. The van der Waals surface area contributed by atoms with E-state index in [0.717, 1.165) is 5.57 Å². The molecule has 2 N–H and O–H groups in total. The lowest BCUT2D eigenvalue weighted by Gasteiger charge is -2.29. The molecule has 5 heteroatoms. The van der Waals surface area contributed by atoms with E-state index in [1.807, 2.05) is 19.9 Å². The van der Waals surface area contributed by atoms with Crippen molar-refractivity contribution in [3.05, 3.63) is 41.5 Å². The molecule has 1 aromatic carbocycles. The van der Waals surface area contributed by atoms with Gasteiger partial charge in [-0.05, 0) is 46.2 Å². The summed E-state index contributed by atoms with van der Waals surface area (Å²) in [5.74, 6) is -1.12. The summed E-state index contributed by atoms with van der Waals surface area (Å²) >= 11 is 0. The fraction of sp³-hybridized carbons (Fsp3) is 0.474. The molecule has 3 rings (SSSR count). The van der Waals surface area contributed by atoms with Gasteiger partial charge in [-0.3, -0.25) is 9.59 Å². The predicted octanol–water partition coefficient (Wildman–Crippen LogP) is 2.70. The van der Waals surface area contributed by atoms with Crippen molar-refractivity contribution in [3.8, 4) is 0 Å². The number of hydrogen-bond donors (Lipinski definition) is 2. The summed E-state index contributed by atoms with van der Waals surface area (Å²) in [6.07, 6.45) is 1.91. The number of para-hydroxylation sites is 1. The molecule has 1 fully saturated rings. The minimum absolute atomic E-state index is 0.321. The molecule has 0 unspecified atom stereocenters. The zero-order chi connectivity index (χ0) is 17.7. The summed E-state index contributed by atoms with van der Waals surface area (Å²) in [6.45, 7) is 7.31. The number of epoxide rings is 1. The van der Waals surface area contributed by atoms with Crippen LogP contribution >= 0.6 is 0 Å². The second kappa shape index (κ2) is 5.53. The molecule has 2 heterocycles. The third-order valence-corrected chi connectivity index (χ3v) is 4.80. The van der Waals surface area contributed by atoms with E-state index in [-0.39, 0.29) is 11.7 Å². The van der Waals surface area contributed by atoms with E-state index in [0.29, 0.717) is 17.7 Å². The SMILES string of the molecule is CC(C)=CC[C@H]([C@@H]1O[C@@]12C(=O)Nc1ccccc1C2=O)C(C)(C)O. The van der Waals surface area contributed by atoms with E-state index in [9.17, 15) is 14.7 Å². The molecule has 1 aromatic rings. The monoisotopic (exact) mass is 329 g/mol. The van der Waals surface area contributed by atoms with Gasteiger partial charge in [0.2, 0.25) is 11.4 Å². The molecule has 1 saturated heterocycles. The fourth-order valence-electron chi connectivity index (χ4n) is 3.35. The molecule has 0 radical (unpaired) electrons. The van der Waals surface area contributed by atoms with Crippen molar-refractivity contribution in [2.75, 3.05) is 5.32 Å². The van der Waals surface area contributed by atoms with Crippen molar-refractivity contribution >= 4 is 17.4 Å². The van der Waals surface area contributed by atoms with Crippen LogP contribution in [0.5, 0.6) is 0 Å². The van der Waals surface area contributed by atoms with Crippen LogP contribution in [-0.2, 0) is 9.53 Å². The Balaban J connectivity index is 1.95. The summed E-state index contributed by atoms with van der Waals surface area (Å²) in [5.41, 5.74) is -0.497. The average molecular weight is 329 g/mol. The lowest BCUT2D eigenvalue weighted by molar-refractivity contribution is -0.119. The number of carbonyl (C=O) groups excluding carboxylic acids is 2. The maximum atomic E-state index is 12.9. The average Bonchev–Trinajstić information content (AvgIpc) is 3.20. The highest BCUT2D eigenvalue weighted by atomic mass is 16.6. The van der Waals surface area contributed by atoms with E-state index < -0.39 is 23.2 Å². The number of nitrogens with one attached hydrogen (secondary N) is 1. The third-order valence-electron chi connectivity index (χ3n) is 4.80. The van der Waals surface area contributed by atoms with Crippen LogP contribution in [-0.4, -0.2) is 34.1 Å². The maximum absolute atomic E-state index is 12.9. The number of aliphatic hydroxyl groups is 1. The number of carbonyl (C=O) groups is 2. The largest absolute Gasteiger partial charge is 0.390 e.